The molecule has 0 saturated carbocycles. The Hall–Kier alpha value is -2.37. The van der Waals surface area contributed by atoms with Crippen molar-refractivity contribution < 1.29 is 24.6 Å². The van der Waals surface area contributed by atoms with Gasteiger partial charge in [0.05, 0.1) is 6.42 Å². The number of rotatable bonds is 6. The maximum absolute atomic E-state index is 11.3. The molecule has 0 fully saturated rings. The van der Waals surface area contributed by atoms with Crippen molar-refractivity contribution in [2.45, 2.75) is 25.8 Å². The molecule has 0 heterocycles. The number of amides is 1. The van der Waals surface area contributed by atoms with Crippen LogP contribution in [0.2, 0.25) is 0 Å². The van der Waals surface area contributed by atoms with Gasteiger partial charge in [-0.15, -0.1) is 0 Å². The highest BCUT2D eigenvalue weighted by molar-refractivity contribution is 5.84. The van der Waals surface area contributed by atoms with Gasteiger partial charge in [0.2, 0.25) is 5.91 Å². The normalized spacial score (nSPS) is 11.6. The van der Waals surface area contributed by atoms with E-state index >= 15 is 0 Å². The summed E-state index contributed by atoms with van der Waals surface area (Å²) in [4.78, 5) is 32.9. The van der Waals surface area contributed by atoms with Crippen LogP contribution in [-0.4, -0.2) is 28.1 Å². The van der Waals surface area contributed by atoms with Crippen LogP contribution in [0.5, 0.6) is 0 Å². The van der Waals surface area contributed by atoms with Crippen LogP contribution < -0.4 is 5.32 Å². The van der Waals surface area contributed by atoms with Crippen LogP contribution >= 0.6 is 0 Å². The molecular formula is C13H15NO5. The standard InChI is InChI=1S/C13H15NO5/c1-2-10(15)14-12(13(18)19)9-5-3-8(4-6-9)7-11(16)17/h3-6,12H,2,7H2,1H3,(H,14,15)(H,16,17)(H,18,19). The van der Waals surface area contributed by atoms with Gasteiger partial charge in [0.1, 0.15) is 0 Å². The molecule has 0 aliphatic rings. The highest BCUT2D eigenvalue weighted by Gasteiger charge is 2.21. The molecular weight excluding hydrogens is 250 g/mol. The fourth-order valence-corrected chi connectivity index (χ4v) is 1.55. The summed E-state index contributed by atoms with van der Waals surface area (Å²) >= 11 is 0. The van der Waals surface area contributed by atoms with Crippen molar-refractivity contribution in [1.29, 1.82) is 0 Å². The van der Waals surface area contributed by atoms with E-state index in [1.165, 1.54) is 24.3 Å². The average molecular weight is 265 g/mol. The van der Waals surface area contributed by atoms with E-state index in [2.05, 4.69) is 5.32 Å². The van der Waals surface area contributed by atoms with Gasteiger partial charge in [-0.2, -0.15) is 0 Å². The fraction of sp³-hybridized carbons (Fsp3) is 0.308. The topological polar surface area (TPSA) is 104 Å². The van der Waals surface area contributed by atoms with Crippen molar-refractivity contribution >= 4 is 17.8 Å². The third-order valence-corrected chi connectivity index (χ3v) is 2.54. The zero-order chi connectivity index (χ0) is 14.4. The van der Waals surface area contributed by atoms with Crippen LogP contribution in [0, 0.1) is 0 Å². The van der Waals surface area contributed by atoms with Crippen LogP contribution in [0.3, 0.4) is 0 Å². The van der Waals surface area contributed by atoms with Gasteiger partial charge >= 0.3 is 11.9 Å². The molecule has 6 nitrogen and oxygen atoms in total. The van der Waals surface area contributed by atoms with Gasteiger partial charge < -0.3 is 15.5 Å². The number of carboxylic acids is 2. The molecule has 6 heteroatoms. The molecule has 1 aromatic rings. The van der Waals surface area contributed by atoms with Crippen molar-refractivity contribution in [2.75, 3.05) is 0 Å². The molecule has 0 saturated heterocycles. The summed E-state index contributed by atoms with van der Waals surface area (Å²) in [6, 6.07) is 4.97. The molecule has 0 aromatic heterocycles. The molecule has 0 radical (unpaired) electrons. The number of carboxylic acid groups (broad SMARTS) is 2. The summed E-state index contributed by atoms with van der Waals surface area (Å²) in [5, 5.41) is 20.1. The lowest BCUT2D eigenvalue weighted by Gasteiger charge is -2.14. The van der Waals surface area contributed by atoms with Crippen molar-refractivity contribution in [3.8, 4) is 0 Å². The Morgan fingerprint density at radius 1 is 1.16 bits per heavy atom. The molecule has 1 unspecified atom stereocenters. The van der Waals surface area contributed by atoms with Gasteiger partial charge in [-0.05, 0) is 11.1 Å². The van der Waals surface area contributed by atoms with E-state index in [-0.39, 0.29) is 18.7 Å². The van der Waals surface area contributed by atoms with E-state index in [9.17, 15) is 14.4 Å². The molecule has 3 N–H and O–H groups in total. The Bertz CT molecular complexity index is 480. The van der Waals surface area contributed by atoms with Crippen molar-refractivity contribution in [2.24, 2.45) is 0 Å². The Morgan fingerprint density at radius 2 is 1.74 bits per heavy atom. The van der Waals surface area contributed by atoms with Gasteiger partial charge in [-0.25, -0.2) is 4.79 Å². The van der Waals surface area contributed by atoms with E-state index < -0.39 is 18.0 Å². The number of carbonyl (C=O) groups is 3. The van der Waals surface area contributed by atoms with Crippen LogP contribution in [0.15, 0.2) is 24.3 Å². The van der Waals surface area contributed by atoms with Crippen LogP contribution in [0.1, 0.15) is 30.5 Å². The number of hydrogen-bond acceptors (Lipinski definition) is 3. The maximum atomic E-state index is 11.3. The second-order valence-electron chi connectivity index (χ2n) is 4.00. The third-order valence-electron chi connectivity index (χ3n) is 2.54. The minimum absolute atomic E-state index is 0.126. The first kappa shape index (κ1) is 14.7. The van der Waals surface area contributed by atoms with Crippen LogP contribution in [0.4, 0.5) is 0 Å². The van der Waals surface area contributed by atoms with Crippen LogP contribution in [0.25, 0.3) is 0 Å². The minimum atomic E-state index is -1.16. The monoisotopic (exact) mass is 265 g/mol. The molecule has 0 aliphatic carbocycles. The summed E-state index contributed by atoms with van der Waals surface area (Å²) < 4.78 is 0. The lowest BCUT2D eigenvalue weighted by atomic mass is 10.0. The molecule has 1 amide bonds. The number of nitrogens with one attached hydrogen (secondary N) is 1. The first-order valence-corrected chi connectivity index (χ1v) is 5.76. The Morgan fingerprint density at radius 3 is 2.16 bits per heavy atom. The number of hydrogen-bond donors (Lipinski definition) is 3. The molecule has 1 rings (SSSR count). The van der Waals surface area contributed by atoms with E-state index in [1.54, 1.807) is 6.92 Å². The first-order valence-electron chi connectivity index (χ1n) is 5.76. The molecule has 1 aromatic carbocycles. The van der Waals surface area contributed by atoms with E-state index in [0.29, 0.717) is 11.1 Å². The minimum Gasteiger partial charge on any atom is -0.481 e. The Labute approximate surface area is 110 Å². The Balaban J connectivity index is 2.88. The van der Waals surface area contributed by atoms with Gasteiger partial charge in [0, 0.05) is 6.42 Å². The molecule has 0 bridgehead atoms. The predicted octanol–water partition coefficient (Wildman–Crippen LogP) is 0.966. The van der Waals surface area contributed by atoms with Crippen LogP contribution in [-0.2, 0) is 20.8 Å². The van der Waals surface area contributed by atoms with E-state index in [4.69, 9.17) is 10.2 Å². The van der Waals surface area contributed by atoms with Crippen molar-refractivity contribution in [3.05, 3.63) is 35.4 Å². The van der Waals surface area contributed by atoms with E-state index in [1.807, 2.05) is 0 Å². The van der Waals surface area contributed by atoms with Crippen molar-refractivity contribution in [3.63, 3.8) is 0 Å². The summed E-state index contributed by atoms with van der Waals surface area (Å²) in [5.74, 6) is -2.48. The number of carbonyl (C=O) groups excluding carboxylic acids is 1. The summed E-state index contributed by atoms with van der Waals surface area (Å²) in [6.07, 6.45) is 0.0697. The number of aliphatic carboxylic acids is 2. The molecule has 0 aliphatic heterocycles. The highest BCUT2D eigenvalue weighted by Crippen LogP contribution is 2.15. The van der Waals surface area contributed by atoms with Crippen molar-refractivity contribution in [1.82, 2.24) is 5.32 Å². The first-order chi connectivity index (χ1) is 8.93. The molecule has 0 spiro atoms. The lowest BCUT2D eigenvalue weighted by Crippen LogP contribution is -2.33. The zero-order valence-corrected chi connectivity index (χ0v) is 10.4. The van der Waals surface area contributed by atoms with Gasteiger partial charge in [-0.3, -0.25) is 9.59 Å². The molecule has 19 heavy (non-hydrogen) atoms. The van der Waals surface area contributed by atoms with E-state index in [0.717, 1.165) is 0 Å². The Kier molecular flexibility index (Phi) is 5.05. The maximum Gasteiger partial charge on any atom is 0.330 e. The zero-order valence-electron chi connectivity index (χ0n) is 10.4. The summed E-state index contributed by atoms with van der Waals surface area (Å²) in [6.45, 7) is 1.63. The molecule has 102 valence electrons. The quantitative estimate of drug-likeness (QED) is 0.711. The van der Waals surface area contributed by atoms with Gasteiger partial charge in [0.15, 0.2) is 6.04 Å². The van der Waals surface area contributed by atoms with Gasteiger partial charge in [0.25, 0.3) is 0 Å². The number of benzene rings is 1. The average Bonchev–Trinajstić information content (AvgIpc) is 2.35. The highest BCUT2D eigenvalue weighted by atomic mass is 16.4. The smallest absolute Gasteiger partial charge is 0.330 e. The third kappa shape index (κ3) is 4.42. The summed E-state index contributed by atoms with van der Waals surface area (Å²) in [5.41, 5.74) is 0.977. The second kappa shape index (κ2) is 6.53. The van der Waals surface area contributed by atoms with Gasteiger partial charge in [-0.1, -0.05) is 31.2 Å². The molecule has 1 atom stereocenters. The fourth-order valence-electron chi connectivity index (χ4n) is 1.55. The second-order valence-corrected chi connectivity index (χ2v) is 4.00. The lowest BCUT2D eigenvalue weighted by molar-refractivity contribution is -0.142. The largest absolute Gasteiger partial charge is 0.481 e. The predicted molar refractivity (Wildman–Crippen MR) is 66.6 cm³/mol. The summed E-state index contributed by atoms with van der Waals surface area (Å²) in [7, 11) is 0. The SMILES string of the molecule is CCC(=O)NC(C(=O)O)c1ccc(CC(=O)O)cc1.